The highest BCUT2D eigenvalue weighted by atomic mass is 35.5. The number of nitro benzene ring substituents is 1. The zero-order chi connectivity index (χ0) is 11.4. The van der Waals surface area contributed by atoms with Crippen LogP contribution in [0.3, 0.4) is 0 Å². The van der Waals surface area contributed by atoms with Crippen molar-refractivity contribution in [3.63, 3.8) is 0 Å². The molecule has 1 aromatic carbocycles. The molecule has 0 unspecified atom stereocenters. The third-order valence-electron chi connectivity index (χ3n) is 1.59. The van der Waals surface area contributed by atoms with Crippen LogP contribution >= 0.6 is 11.6 Å². The van der Waals surface area contributed by atoms with Crippen LogP contribution in [0.2, 0.25) is 0 Å². The first-order valence-electron chi connectivity index (χ1n) is 3.82. The lowest BCUT2D eigenvalue weighted by Gasteiger charge is -2.05. The van der Waals surface area contributed by atoms with E-state index in [4.69, 9.17) is 11.6 Å². The highest BCUT2D eigenvalue weighted by molar-refractivity contribution is 6.17. The van der Waals surface area contributed by atoms with Gasteiger partial charge < -0.3 is 4.74 Å². The van der Waals surface area contributed by atoms with E-state index in [1.807, 2.05) is 0 Å². The van der Waals surface area contributed by atoms with Crippen molar-refractivity contribution in [1.29, 1.82) is 0 Å². The van der Waals surface area contributed by atoms with Crippen molar-refractivity contribution in [3.05, 3.63) is 33.9 Å². The molecule has 0 aromatic heterocycles. The van der Waals surface area contributed by atoms with Crippen LogP contribution < -0.4 is 4.74 Å². The average Bonchev–Trinajstić information content (AvgIpc) is 2.17. The molecule has 0 radical (unpaired) electrons. The Kier molecular flexibility index (Phi) is 3.79. The van der Waals surface area contributed by atoms with Gasteiger partial charge in [0.2, 0.25) is 5.75 Å². The molecule has 0 heterocycles. The quantitative estimate of drug-likeness (QED) is 0.460. The van der Waals surface area contributed by atoms with E-state index in [0.29, 0.717) is 5.56 Å². The molecule has 0 aliphatic carbocycles. The van der Waals surface area contributed by atoms with Crippen LogP contribution in [0.1, 0.15) is 5.56 Å². The minimum Gasteiger partial charge on any atom is -0.427 e. The zero-order valence-corrected chi connectivity index (χ0v) is 8.08. The average molecular weight is 238 g/mol. The Hall–Kier alpha value is -1.43. The molecule has 0 aliphatic rings. The lowest BCUT2D eigenvalue weighted by atomic mass is 10.2. The molecule has 0 atom stereocenters. The van der Waals surface area contributed by atoms with E-state index in [0.717, 1.165) is 12.1 Å². The summed E-state index contributed by atoms with van der Waals surface area (Å²) in [6.45, 7) is -3.09. The number of nitro groups is 1. The fourth-order valence-corrected chi connectivity index (χ4v) is 1.15. The van der Waals surface area contributed by atoms with Gasteiger partial charge in [-0.05, 0) is 11.6 Å². The maximum atomic E-state index is 11.9. The topological polar surface area (TPSA) is 52.4 Å². The Morgan fingerprint density at radius 1 is 1.53 bits per heavy atom. The van der Waals surface area contributed by atoms with Gasteiger partial charge in [0, 0.05) is 11.9 Å². The SMILES string of the molecule is O=[N+]([O-])c1cc(CCl)ccc1OC(F)F. The van der Waals surface area contributed by atoms with Gasteiger partial charge in [-0.1, -0.05) is 6.07 Å². The number of hydrogen-bond donors (Lipinski definition) is 0. The van der Waals surface area contributed by atoms with E-state index in [-0.39, 0.29) is 5.88 Å². The Bertz CT molecular complexity index is 373. The second-order valence-electron chi connectivity index (χ2n) is 2.57. The Balaban J connectivity index is 3.09. The molecular weight excluding hydrogens is 232 g/mol. The first kappa shape index (κ1) is 11.6. The van der Waals surface area contributed by atoms with E-state index in [1.54, 1.807) is 0 Å². The van der Waals surface area contributed by atoms with Gasteiger partial charge in [-0.2, -0.15) is 8.78 Å². The molecule has 0 aliphatic heterocycles. The first-order valence-corrected chi connectivity index (χ1v) is 4.36. The highest BCUT2D eigenvalue weighted by Crippen LogP contribution is 2.29. The molecule has 0 bridgehead atoms. The van der Waals surface area contributed by atoms with E-state index < -0.39 is 23.0 Å². The molecule has 4 nitrogen and oxygen atoms in total. The number of rotatable bonds is 4. The second kappa shape index (κ2) is 4.88. The molecule has 0 amide bonds. The van der Waals surface area contributed by atoms with E-state index in [9.17, 15) is 18.9 Å². The van der Waals surface area contributed by atoms with Crippen molar-refractivity contribution in [2.75, 3.05) is 0 Å². The maximum Gasteiger partial charge on any atom is 0.387 e. The lowest BCUT2D eigenvalue weighted by Crippen LogP contribution is -2.04. The molecule has 0 saturated heterocycles. The highest BCUT2D eigenvalue weighted by Gasteiger charge is 2.18. The van der Waals surface area contributed by atoms with Crippen LogP contribution in [-0.4, -0.2) is 11.5 Å². The number of ether oxygens (including phenoxy) is 1. The minimum absolute atomic E-state index is 0.0653. The molecule has 82 valence electrons. The normalized spacial score (nSPS) is 10.4. The standard InChI is InChI=1S/C8H6ClF2NO3/c9-4-5-1-2-7(15-8(10)11)6(3-5)12(13)14/h1-3,8H,4H2. The Morgan fingerprint density at radius 3 is 2.67 bits per heavy atom. The fraction of sp³-hybridized carbons (Fsp3) is 0.250. The summed E-state index contributed by atoms with van der Waals surface area (Å²) in [5.74, 6) is -0.403. The molecule has 0 spiro atoms. The van der Waals surface area contributed by atoms with Gasteiger partial charge in [0.15, 0.2) is 0 Å². The van der Waals surface area contributed by atoms with Gasteiger partial charge in [0.05, 0.1) is 4.92 Å². The van der Waals surface area contributed by atoms with Crippen molar-refractivity contribution in [2.24, 2.45) is 0 Å². The van der Waals surface area contributed by atoms with E-state index in [2.05, 4.69) is 4.74 Å². The van der Waals surface area contributed by atoms with Crippen molar-refractivity contribution < 1.29 is 18.4 Å². The lowest BCUT2D eigenvalue weighted by molar-refractivity contribution is -0.386. The number of halogens is 3. The van der Waals surface area contributed by atoms with Gasteiger partial charge in [-0.15, -0.1) is 11.6 Å². The second-order valence-corrected chi connectivity index (χ2v) is 2.84. The molecule has 0 saturated carbocycles. The van der Waals surface area contributed by atoms with Crippen molar-refractivity contribution in [2.45, 2.75) is 12.5 Å². The van der Waals surface area contributed by atoms with Crippen LogP contribution in [0.4, 0.5) is 14.5 Å². The number of benzene rings is 1. The minimum atomic E-state index is -3.09. The molecule has 7 heteroatoms. The number of hydrogen-bond acceptors (Lipinski definition) is 3. The summed E-state index contributed by atoms with van der Waals surface area (Å²) in [5, 5.41) is 10.5. The summed E-state index contributed by atoms with van der Waals surface area (Å²) >= 11 is 5.45. The van der Waals surface area contributed by atoms with Crippen LogP contribution in [-0.2, 0) is 5.88 Å². The summed E-state index contributed by atoms with van der Waals surface area (Å²) in [7, 11) is 0. The molecule has 0 N–H and O–H groups in total. The summed E-state index contributed by atoms with van der Waals surface area (Å²) in [6, 6.07) is 3.59. The predicted molar refractivity (Wildman–Crippen MR) is 49.3 cm³/mol. The molecule has 1 rings (SSSR count). The van der Waals surface area contributed by atoms with Crippen molar-refractivity contribution >= 4 is 17.3 Å². The van der Waals surface area contributed by atoms with E-state index in [1.165, 1.54) is 6.07 Å². The van der Waals surface area contributed by atoms with Crippen LogP contribution in [0.15, 0.2) is 18.2 Å². The van der Waals surface area contributed by atoms with Gasteiger partial charge in [-0.3, -0.25) is 10.1 Å². The van der Waals surface area contributed by atoms with Gasteiger partial charge in [0.1, 0.15) is 0 Å². The summed E-state index contributed by atoms with van der Waals surface area (Å²) < 4.78 is 27.7. The van der Waals surface area contributed by atoms with Crippen molar-refractivity contribution in [3.8, 4) is 5.75 Å². The molecule has 0 fully saturated rings. The smallest absolute Gasteiger partial charge is 0.387 e. The number of nitrogens with zero attached hydrogens (tertiary/aromatic N) is 1. The Morgan fingerprint density at radius 2 is 2.20 bits per heavy atom. The molecule has 15 heavy (non-hydrogen) atoms. The monoisotopic (exact) mass is 237 g/mol. The third-order valence-corrected chi connectivity index (χ3v) is 1.90. The zero-order valence-electron chi connectivity index (χ0n) is 7.32. The van der Waals surface area contributed by atoms with Gasteiger partial charge in [-0.25, -0.2) is 0 Å². The maximum absolute atomic E-state index is 11.9. The Labute approximate surface area is 88.6 Å². The largest absolute Gasteiger partial charge is 0.427 e. The van der Waals surface area contributed by atoms with Crippen molar-refractivity contribution in [1.82, 2.24) is 0 Å². The number of alkyl halides is 3. The third kappa shape index (κ3) is 3.02. The van der Waals surface area contributed by atoms with Gasteiger partial charge in [0.25, 0.3) is 0 Å². The summed E-state index contributed by atoms with van der Waals surface area (Å²) in [6.07, 6.45) is 0. The van der Waals surface area contributed by atoms with Crippen LogP contribution in [0, 0.1) is 10.1 Å². The molecule has 1 aromatic rings. The molecular formula is C8H6ClF2NO3. The van der Waals surface area contributed by atoms with Crippen LogP contribution in [0.25, 0.3) is 0 Å². The van der Waals surface area contributed by atoms with E-state index >= 15 is 0 Å². The van der Waals surface area contributed by atoms with Crippen LogP contribution in [0.5, 0.6) is 5.75 Å². The summed E-state index contributed by atoms with van der Waals surface area (Å²) in [5.41, 5.74) is -0.0570. The fourth-order valence-electron chi connectivity index (χ4n) is 0.984. The summed E-state index contributed by atoms with van der Waals surface area (Å²) in [4.78, 5) is 9.71. The van der Waals surface area contributed by atoms with Gasteiger partial charge >= 0.3 is 12.3 Å². The first-order chi connectivity index (χ1) is 7.04. The predicted octanol–water partition coefficient (Wildman–Crippen LogP) is 2.94.